The van der Waals surface area contributed by atoms with Gasteiger partial charge in [0.25, 0.3) is 0 Å². The van der Waals surface area contributed by atoms with Gasteiger partial charge in [0.1, 0.15) is 0 Å². The smallest absolute Gasteiger partial charge is 0.170 e. The quantitative estimate of drug-likeness (QED) is 0.203. The first-order valence-electron chi connectivity index (χ1n) is 11.0. The molecule has 0 amide bonds. The second-order valence-electron chi connectivity index (χ2n) is 7.85. The third-order valence-electron chi connectivity index (χ3n) is 5.73. The van der Waals surface area contributed by atoms with Gasteiger partial charge >= 0.3 is 0 Å². The van der Waals surface area contributed by atoms with Gasteiger partial charge in [-0.1, -0.05) is 84.9 Å². The van der Waals surface area contributed by atoms with Gasteiger partial charge in [0.05, 0.1) is 18.2 Å². The molecule has 0 aromatic heterocycles. The van der Waals surface area contributed by atoms with E-state index in [4.69, 9.17) is 9.47 Å². The standard InChI is InChI=1S/C27H29O3PS/c1-2-3-19-27(29-20-21-30-27)22-26(32-25-17-11-6-12-18-25)31(28,23-13-7-4-8-14-23)24-15-9-5-10-16-24/h2,4-18,26H,1,3,19-22H2. The largest absolute Gasteiger partial charge is 0.347 e. The second kappa shape index (κ2) is 10.7. The molecule has 5 heteroatoms. The van der Waals surface area contributed by atoms with E-state index in [1.54, 1.807) is 11.8 Å². The minimum atomic E-state index is -3.05. The summed E-state index contributed by atoms with van der Waals surface area (Å²) in [6, 6.07) is 29.9. The Morgan fingerprint density at radius 3 is 1.88 bits per heavy atom. The van der Waals surface area contributed by atoms with Crippen molar-refractivity contribution in [2.75, 3.05) is 13.2 Å². The van der Waals surface area contributed by atoms with Crippen molar-refractivity contribution in [2.45, 2.75) is 34.9 Å². The Kier molecular flexibility index (Phi) is 7.70. The number of thioether (sulfide) groups is 1. The van der Waals surface area contributed by atoms with Crippen LogP contribution in [0.15, 0.2) is 109 Å². The molecule has 0 aliphatic carbocycles. The zero-order valence-corrected chi connectivity index (χ0v) is 19.8. The maximum atomic E-state index is 15.2. The van der Waals surface area contributed by atoms with Crippen molar-refractivity contribution < 1.29 is 14.0 Å². The Hall–Kier alpha value is -2.10. The van der Waals surface area contributed by atoms with Gasteiger partial charge in [-0.25, -0.2) is 0 Å². The number of allylic oxidation sites excluding steroid dienone is 1. The second-order valence-corrected chi connectivity index (χ2v) is 12.5. The summed E-state index contributed by atoms with van der Waals surface area (Å²) in [6.45, 7) is 4.99. The molecule has 1 heterocycles. The van der Waals surface area contributed by atoms with Crippen LogP contribution < -0.4 is 10.6 Å². The predicted octanol–water partition coefficient (Wildman–Crippen LogP) is 6.22. The van der Waals surface area contributed by atoms with Gasteiger partial charge in [0.2, 0.25) is 0 Å². The van der Waals surface area contributed by atoms with E-state index in [1.165, 1.54) is 0 Å². The molecule has 0 N–H and O–H groups in total. The molecule has 0 saturated carbocycles. The van der Waals surface area contributed by atoms with Gasteiger partial charge in [-0.3, -0.25) is 0 Å². The van der Waals surface area contributed by atoms with Crippen LogP contribution in [-0.2, 0) is 14.0 Å². The summed E-state index contributed by atoms with van der Waals surface area (Å²) in [5, 5.41) is 1.72. The number of benzene rings is 3. The van der Waals surface area contributed by atoms with E-state index in [1.807, 2.05) is 84.9 Å². The highest BCUT2D eigenvalue weighted by Crippen LogP contribution is 2.58. The third kappa shape index (κ3) is 5.10. The lowest BCUT2D eigenvalue weighted by atomic mass is 10.1. The molecule has 1 fully saturated rings. The zero-order valence-electron chi connectivity index (χ0n) is 18.1. The molecular formula is C27H29O3PS. The van der Waals surface area contributed by atoms with Crippen molar-refractivity contribution in [3.05, 3.63) is 104 Å². The number of ether oxygens (including phenoxy) is 2. The summed E-state index contributed by atoms with van der Waals surface area (Å²) in [5.41, 5.74) is 0. The predicted molar refractivity (Wildman–Crippen MR) is 135 cm³/mol. The molecule has 1 atom stereocenters. The topological polar surface area (TPSA) is 35.5 Å². The Balaban J connectivity index is 1.82. The van der Waals surface area contributed by atoms with Crippen LogP contribution in [0.1, 0.15) is 19.3 Å². The molecule has 3 aromatic carbocycles. The summed E-state index contributed by atoms with van der Waals surface area (Å²) in [7, 11) is -3.05. The van der Waals surface area contributed by atoms with Crippen molar-refractivity contribution in [1.82, 2.24) is 0 Å². The zero-order chi connectivity index (χ0) is 22.3. The Morgan fingerprint density at radius 2 is 1.38 bits per heavy atom. The molecule has 0 radical (unpaired) electrons. The van der Waals surface area contributed by atoms with Crippen LogP contribution in [0.5, 0.6) is 0 Å². The summed E-state index contributed by atoms with van der Waals surface area (Å²) in [5.74, 6) is -0.750. The van der Waals surface area contributed by atoms with E-state index >= 15 is 4.57 Å². The lowest BCUT2D eigenvalue weighted by Gasteiger charge is -2.35. The van der Waals surface area contributed by atoms with Gasteiger partial charge in [-0.2, -0.15) is 0 Å². The van der Waals surface area contributed by atoms with Crippen LogP contribution in [-0.4, -0.2) is 24.0 Å². The van der Waals surface area contributed by atoms with Gasteiger partial charge in [0, 0.05) is 28.3 Å². The molecule has 166 valence electrons. The van der Waals surface area contributed by atoms with Crippen molar-refractivity contribution in [3.8, 4) is 0 Å². The van der Waals surface area contributed by atoms with Gasteiger partial charge in [0.15, 0.2) is 12.9 Å². The van der Waals surface area contributed by atoms with E-state index < -0.39 is 12.9 Å². The number of hydrogen-bond acceptors (Lipinski definition) is 4. The van der Waals surface area contributed by atoms with Crippen LogP contribution in [0.4, 0.5) is 0 Å². The Morgan fingerprint density at radius 1 is 0.875 bits per heavy atom. The van der Waals surface area contributed by atoms with E-state index in [-0.39, 0.29) is 4.99 Å². The fraction of sp³-hybridized carbons (Fsp3) is 0.259. The molecule has 1 unspecified atom stereocenters. The van der Waals surface area contributed by atoms with E-state index in [2.05, 4.69) is 18.7 Å². The lowest BCUT2D eigenvalue weighted by Crippen LogP contribution is -2.36. The Bertz CT molecular complexity index is 991. The minimum absolute atomic E-state index is 0.252. The van der Waals surface area contributed by atoms with Crippen LogP contribution in [0.3, 0.4) is 0 Å². The minimum Gasteiger partial charge on any atom is -0.347 e. The molecule has 1 aliphatic rings. The molecule has 0 bridgehead atoms. The maximum absolute atomic E-state index is 15.2. The van der Waals surface area contributed by atoms with Gasteiger partial charge in [-0.15, -0.1) is 18.3 Å². The maximum Gasteiger partial charge on any atom is 0.170 e. The number of hydrogen-bond donors (Lipinski definition) is 0. The first-order chi connectivity index (χ1) is 15.7. The lowest BCUT2D eigenvalue weighted by molar-refractivity contribution is -0.163. The summed E-state index contributed by atoms with van der Waals surface area (Å²) >= 11 is 1.66. The van der Waals surface area contributed by atoms with Crippen LogP contribution >= 0.6 is 18.9 Å². The van der Waals surface area contributed by atoms with E-state index in [0.717, 1.165) is 21.9 Å². The van der Waals surface area contributed by atoms with Gasteiger partial charge in [-0.05, 0) is 18.6 Å². The number of rotatable bonds is 10. The van der Waals surface area contributed by atoms with E-state index in [9.17, 15) is 0 Å². The molecule has 4 rings (SSSR count). The highest BCUT2D eigenvalue weighted by Gasteiger charge is 2.46. The SMILES string of the molecule is C=CCCC1(CC(Sc2ccccc2)P(=O)(c2ccccc2)c2ccccc2)OCCO1. The average Bonchev–Trinajstić information content (AvgIpc) is 3.32. The molecule has 32 heavy (non-hydrogen) atoms. The highest BCUT2D eigenvalue weighted by molar-refractivity contribution is 8.08. The highest BCUT2D eigenvalue weighted by atomic mass is 32.2. The molecule has 1 aliphatic heterocycles. The van der Waals surface area contributed by atoms with Crippen LogP contribution in [0.2, 0.25) is 0 Å². The van der Waals surface area contributed by atoms with Crippen LogP contribution in [0, 0.1) is 0 Å². The van der Waals surface area contributed by atoms with Gasteiger partial charge < -0.3 is 14.0 Å². The first-order valence-corrected chi connectivity index (χ1v) is 13.6. The van der Waals surface area contributed by atoms with Crippen LogP contribution in [0.25, 0.3) is 0 Å². The molecule has 3 nitrogen and oxygen atoms in total. The average molecular weight is 465 g/mol. The van der Waals surface area contributed by atoms with Crippen molar-refractivity contribution in [2.24, 2.45) is 0 Å². The third-order valence-corrected chi connectivity index (χ3v) is 11.0. The van der Waals surface area contributed by atoms with Crippen molar-refractivity contribution >= 4 is 29.5 Å². The molecular weight excluding hydrogens is 435 g/mol. The fourth-order valence-corrected chi connectivity index (χ4v) is 9.51. The van der Waals surface area contributed by atoms with Crippen molar-refractivity contribution in [3.63, 3.8) is 0 Å². The normalized spacial score (nSPS) is 16.5. The monoisotopic (exact) mass is 464 g/mol. The first kappa shape index (κ1) is 23.1. The Labute approximate surface area is 195 Å². The van der Waals surface area contributed by atoms with Crippen molar-refractivity contribution in [1.29, 1.82) is 0 Å². The summed E-state index contributed by atoms with van der Waals surface area (Å²) in [6.07, 6.45) is 3.90. The summed E-state index contributed by atoms with van der Waals surface area (Å²) in [4.78, 5) is 0.832. The fourth-order valence-electron chi connectivity index (χ4n) is 4.13. The van der Waals surface area contributed by atoms with E-state index in [0.29, 0.717) is 26.1 Å². The molecule has 0 spiro atoms. The molecule has 3 aromatic rings. The molecule has 1 saturated heterocycles. The summed E-state index contributed by atoms with van der Waals surface area (Å²) < 4.78 is 27.5.